The second-order valence-corrected chi connectivity index (χ2v) is 4.15. The lowest BCUT2D eigenvalue weighted by molar-refractivity contribution is 0.281. The van der Waals surface area contributed by atoms with E-state index in [0.717, 1.165) is 11.4 Å². The van der Waals surface area contributed by atoms with Gasteiger partial charge in [-0.3, -0.25) is 4.98 Å². The summed E-state index contributed by atoms with van der Waals surface area (Å²) in [6.45, 7) is 0.428. The third-order valence-electron chi connectivity index (χ3n) is 2.69. The summed E-state index contributed by atoms with van der Waals surface area (Å²) < 4.78 is 13.4. The molecule has 0 aliphatic heterocycles. The SMILES string of the molecule is CN(Cc1ccccn1)c1cc(F)cc(CO)c1. The van der Waals surface area contributed by atoms with Gasteiger partial charge in [0.2, 0.25) is 0 Å². The minimum absolute atomic E-state index is 0.164. The monoisotopic (exact) mass is 246 g/mol. The molecule has 1 heterocycles. The van der Waals surface area contributed by atoms with Gasteiger partial charge in [-0.05, 0) is 35.9 Å². The number of rotatable bonds is 4. The number of hydrogen-bond acceptors (Lipinski definition) is 3. The molecule has 2 aromatic rings. The Morgan fingerprint density at radius 2 is 2.11 bits per heavy atom. The fourth-order valence-corrected chi connectivity index (χ4v) is 1.77. The van der Waals surface area contributed by atoms with Crippen molar-refractivity contribution < 1.29 is 9.50 Å². The zero-order chi connectivity index (χ0) is 13.0. The van der Waals surface area contributed by atoms with Crippen LogP contribution in [-0.4, -0.2) is 17.1 Å². The van der Waals surface area contributed by atoms with Crippen molar-refractivity contribution >= 4 is 5.69 Å². The molecule has 18 heavy (non-hydrogen) atoms. The number of hydrogen-bond donors (Lipinski definition) is 1. The van der Waals surface area contributed by atoms with Crippen LogP contribution in [0.2, 0.25) is 0 Å². The summed E-state index contributed by atoms with van der Waals surface area (Å²) in [7, 11) is 1.87. The third kappa shape index (κ3) is 3.05. The summed E-state index contributed by atoms with van der Waals surface area (Å²) in [4.78, 5) is 6.12. The molecule has 0 fully saturated rings. The van der Waals surface area contributed by atoms with Gasteiger partial charge in [0.15, 0.2) is 0 Å². The Hall–Kier alpha value is -1.94. The van der Waals surface area contributed by atoms with Crippen LogP contribution in [0.15, 0.2) is 42.6 Å². The number of aliphatic hydroxyl groups is 1. The van der Waals surface area contributed by atoms with Gasteiger partial charge >= 0.3 is 0 Å². The van der Waals surface area contributed by atoms with Crippen molar-refractivity contribution in [3.63, 3.8) is 0 Å². The average molecular weight is 246 g/mol. The molecular weight excluding hydrogens is 231 g/mol. The normalized spacial score (nSPS) is 10.4. The van der Waals surface area contributed by atoms with Gasteiger partial charge in [-0.15, -0.1) is 0 Å². The van der Waals surface area contributed by atoms with E-state index in [-0.39, 0.29) is 12.4 Å². The van der Waals surface area contributed by atoms with Crippen molar-refractivity contribution in [2.24, 2.45) is 0 Å². The van der Waals surface area contributed by atoms with Gasteiger partial charge in [-0.2, -0.15) is 0 Å². The standard InChI is InChI=1S/C14H15FN2O/c1-17(9-13-4-2-3-5-16-13)14-7-11(10-18)6-12(15)8-14/h2-8,18H,9-10H2,1H3. The Kier molecular flexibility index (Phi) is 3.89. The molecular formula is C14H15FN2O. The molecule has 4 heteroatoms. The highest BCUT2D eigenvalue weighted by Gasteiger charge is 2.06. The van der Waals surface area contributed by atoms with Crippen LogP contribution in [0, 0.1) is 5.82 Å². The van der Waals surface area contributed by atoms with Crippen LogP contribution < -0.4 is 4.90 Å². The van der Waals surface area contributed by atoms with E-state index >= 15 is 0 Å². The van der Waals surface area contributed by atoms with E-state index in [9.17, 15) is 4.39 Å². The summed E-state index contributed by atoms with van der Waals surface area (Å²) >= 11 is 0. The number of anilines is 1. The van der Waals surface area contributed by atoms with Crippen LogP contribution in [0.4, 0.5) is 10.1 Å². The van der Waals surface area contributed by atoms with Crippen LogP contribution in [0.25, 0.3) is 0 Å². The molecule has 0 aliphatic carbocycles. The Balaban J connectivity index is 2.18. The number of nitrogens with zero attached hydrogens (tertiary/aromatic N) is 2. The first-order valence-corrected chi connectivity index (χ1v) is 5.70. The molecule has 0 unspecified atom stereocenters. The molecule has 2 rings (SSSR count). The number of aromatic nitrogens is 1. The van der Waals surface area contributed by atoms with E-state index in [2.05, 4.69) is 4.98 Å². The van der Waals surface area contributed by atoms with Crippen molar-refractivity contribution in [2.45, 2.75) is 13.2 Å². The minimum Gasteiger partial charge on any atom is -0.392 e. The number of halogens is 1. The van der Waals surface area contributed by atoms with Crippen LogP contribution in [0.5, 0.6) is 0 Å². The zero-order valence-corrected chi connectivity index (χ0v) is 10.2. The van der Waals surface area contributed by atoms with Crippen LogP contribution in [-0.2, 0) is 13.2 Å². The Bertz CT molecular complexity index is 516. The molecule has 0 amide bonds. The maximum atomic E-state index is 13.4. The predicted molar refractivity (Wildman–Crippen MR) is 68.7 cm³/mol. The fourth-order valence-electron chi connectivity index (χ4n) is 1.77. The highest BCUT2D eigenvalue weighted by molar-refractivity contribution is 5.48. The van der Waals surface area contributed by atoms with Gasteiger partial charge in [-0.25, -0.2) is 4.39 Å². The lowest BCUT2D eigenvalue weighted by Gasteiger charge is -2.19. The molecule has 3 nitrogen and oxygen atoms in total. The molecule has 0 saturated heterocycles. The summed E-state index contributed by atoms with van der Waals surface area (Å²) in [5.74, 6) is -0.343. The van der Waals surface area contributed by atoms with Crippen molar-refractivity contribution in [2.75, 3.05) is 11.9 Å². The zero-order valence-electron chi connectivity index (χ0n) is 10.2. The Labute approximate surface area is 106 Å². The number of benzene rings is 1. The van der Waals surface area contributed by atoms with E-state index in [4.69, 9.17) is 5.11 Å². The largest absolute Gasteiger partial charge is 0.392 e. The van der Waals surface area contributed by atoms with Crippen molar-refractivity contribution in [3.8, 4) is 0 Å². The van der Waals surface area contributed by atoms with E-state index in [1.54, 1.807) is 12.3 Å². The van der Waals surface area contributed by atoms with Crippen molar-refractivity contribution in [1.29, 1.82) is 0 Å². The lowest BCUT2D eigenvalue weighted by atomic mass is 10.2. The Morgan fingerprint density at radius 1 is 1.28 bits per heavy atom. The summed E-state index contributed by atoms with van der Waals surface area (Å²) in [6, 6.07) is 10.2. The molecule has 1 N–H and O–H groups in total. The highest BCUT2D eigenvalue weighted by atomic mass is 19.1. The van der Waals surface area contributed by atoms with Crippen molar-refractivity contribution in [3.05, 3.63) is 59.7 Å². The molecule has 0 atom stereocenters. The summed E-state index contributed by atoms with van der Waals surface area (Å²) in [5, 5.41) is 9.06. The molecule has 0 spiro atoms. The molecule has 1 aromatic heterocycles. The van der Waals surface area contributed by atoms with Gasteiger partial charge in [-0.1, -0.05) is 6.07 Å². The molecule has 94 valence electrons. The minimum atomic E-state index is -0.343. The van der Waals surface area contributed by atoms with Crippen LogP contribution >= 0.6 is 0 Å². The highest BCUT2D eigenvalue weighted by Crippen LogP contribution is 2.19. The first-order valence-electron chi connectivity index (χ1n) is 5.70. The summed E-state index contributed by atoms with van der Waals surface area (Å²) in [6.07, 6.45) is 1.73. The topological polar surface area (TPSA) is 36.4 Å². The van der Waals surface area contributed by atoms with Crippen molar-refractivity contribution in [1.82, 2.24) is 4.98 Å². The fraction of sp³-hybridized carbons (Fsp3) is 0.214. The number of pyridine rings is 1. The molecule has 0 saturated carbocycles. The van der Waals surface area contributed by atoms with Gasteiger partial charge in [0, 0.05) is 18.9 Å². The maximum absolute atomic E-state index is 13.4. The average Bonchev–Trinajstić information content (AvgIpc) is 2.39. The van der Waals surface area contributed by atoms with E-state index in [1.165, 1.54) is 12.1 Å². The van der Waals surface area contributed by atoms with E-state index < -0.39 is 0 Å². The molecule has 0 bridgehead atoms. The Morgan fingerprint density at radius 3 is 2.78 bits per heavy atom. The van der Waals surface area contributed by atoms with Crippen LogP contribution in [0.1, 0.15) is 11.3 Å². The van der Waals surface area contributed by atoms with E-state index in [1.807, 2.05) is 30.1 Å². The smallest absolute Gasteiger partial charge is 0.125 e. The maximum Gasteiger partial charge on any atom is 0.125 e. The van der Waals surface area contributed by atoms with Gasteiger partial charge in [0.1, 0.15) is 5.82 Å². The first-order chi connectivity index (χ1) is 8.69. The van der Waals surface area contributed by atoms with Gasteiger partial charge in [0.25, 0.3) is 0 Å². The lowest BCUT2D eigenvalue weighted by Crippen LogP contribution is -2.17. The molecule has 0 radical (unpaired) electrons. The van der Waals surface area contributed by atoms with Crippen LogP contribution in [0.3, 0.4) is 0 Å². The quantitative estimate of drug-likeness (QED) is 0.899. The summed E-state index contributed by atoms with van der Waals surface area (Å²) in [5.41, 5.74) is 2.21. The second-order valence-electron chi connectivity index (χ2n) is 4.15. The van der Waals surface area contributed by atoms with E-state index in [0.29, 0.717) is 12.1 Å². The van der Waals surface area contributed by atoms with Gasteiger partial charge in [0.05, 0.1) is 18.8 Å². The first kappa shape index (κ1) is 12.5. The predicted octanol–water partition coefficient (Wildman–Crippen LogP) is 2.35. The second kappa shape index (κ2) is 5.60. The third-order valence-corrected chi connectivity index (χ3v) is 2.69. The number of aliphatic hydroxyl groups excluding tert-OH is 1. The molecule has 1 aromatic carbocycles. The molecule has 0 aliphatic rings. The van der Waals surface area contributed by atoms with Gasteiger partial charge < -0.3 is 10.0 Å².